The lowest BCUT2D eigenvalue weighted by Crippen LogP contribution is -2.44. The molecule has 0 aliphatic heterocycles. The molecule has 0 spiro atoms. The van der Waals surface area contributed by atoms with Gasteiger partial charge in [0.05, 0.1) is 25.3 Å². The zero-order chi connectivity index (χ0) is 22.2. The van der Waals surface area contributed by atoms with Crippen molar-refractivity contribution >= 4 is 16.9 Å². The lowest BCUT2D eigenvalue weighted by molar-refractivity contribution is -0.627. The Morgan fingerprint density at radius 1 is 1.19 bits per heavy atom. The number of nitrogen functional groups attached to an aromatic ring is 1. The molecule has 0 unspecified atom stereocenters. The fourth-order valence-corrected chi connectivity index (χ4v) is 3.39. The molecule has 0 atom stereocenters. The summed E-state index contributed by atoms with van der Waals surface area (Å²) in [5, 5.41) is 31.6. The number of fused-ring (bicyclic) bond motifs is 1. The van der Waals surface area contributed by atoms with Crippen molar-refractivity contribution in [3.8, 4) is 17.1 Å². The van der Waals surface area contributed by atoms with E-state index in [1.165, 1.54) is 0 Å². The highest BCUT2D eigenvalue weighted by atomic mass is 16.5. The van der Waals surface area contributed by atoms with Gasteiger partial charge >= 0.3 is 0 Å². The van der Waals surface area contributed by atoms with Crippen LogP contribution in [-0.2, 0) is 12.0 Å². The van der Waals surface area contributed by atoms with Crippen LogP contribution in [0.5, 0.6) is 5.75 Å². The van der Waals surface area contributed by atoms with Crippen LogP contribution in [0.15, 0.2) is 42.6 Å². The van der Waals surface area contributed by atoms with Crippen LogP contribution in [0.2, 0.25) is 0 Å². The van der Waals surface area contributed by atoms with Crippen molar-refractivity contribution in [3.05, 3.63) is 59.2 Å². The van der Waals surface area contributed by atoms with Crippen LogP contribution in [0.25, 0.3) is 22.3 Å². The molecule has 0 amide bonds. The summed E-state index contributed by atoms with van der Waals surface area (Å²) in [6, 6.07) is 10.7. The molecule has 0 fully saturated rings. The van der Waals surface area contributed by atoms with Crippen LogP contribution in [-0.4, -0.2) is 43.8 Å². The van der Waals surface area contributed by atoms with Gasteiger partial charge in [0, 0.05) is 17.5 Å². The maximum absolute atomic E-state index is 12.8. The first-order valence-electron chi connectivity index (χ1n) is 9.67. The summed E-state index contributed by atoms with van der Waals surface area (Å²) in [5.74, 6) is 0.675. The Labute approximate surface area is 178 Å². The van der Waals surface area contributed by atoms with E-state index in [0.29, 0.717) is 34.0 Å². The van der Waals surface area contributed by atoms with E-state index in [-0.39, 0.29) is 19.1 Å². The van der Waals surface area contributed by atoms with E-state index in [4.69, 9.17) is 10.5 Å². The molecule has 3 N–H and O–H groups in total. The maximum Gasteiger partial charge on any atom is 0.221 e. The Morgan fingerprint density at radius 3 is 2.71 bits per heavy atom. The molecule has 1 aromatic carbocycles. The standard InChI is InChI=1S/C21H23N7O3/c1-21(2,12-29)17-9-4-6-13(28(17)30)10-27-11-15(25-26-27)18-14-7-5-8-16(31-3)19(14)24-20(22)23-18/h4-9,11,29H,10,12H2,1-3H3,(H2,22,23,24). The first-order chi connectivity index (χ1) is 14.8. The van der Waals surface area contributed by atoms with Crippen molar-refractivity contribution in [2.45, 2.75) is 25.8 Å². The first kappa shape index (κ1) is 20.5. The van der Waals surface area contributed by atoms with Gasteiger partial charge in [0.15, 0.2) is 0 Å². The number of nitrogens with two attached hydrogens (primary N) is 1. The van der Waals surface area contributed by atoms with Crippen molar-refractivity contribution in [2.75, 3.05) is 19.5 Å². The summed E-state index contributed by atoms with van der Waals surface area (Å²) in [4.78, 5) is 8.62. The fourth-order valence-electron chi connectivity index (χ4n) is 3.39. The molecule has 0 radical (unpaired) electrons. The monoisotopic (exact) mass is 421 g/mol. The Bertz CT molecular complexity index is 1250. The zero-order valence-corrected chi connectivity index (χ0v) is 17.5. The van der Waals surface area contributed by atoms with E-state index in [1.54, 1.807) is 42.3 Å². The van der Waals surface area contributed by atoms with Crippen LogP contribution in [0.3, 0.4) is 0 Å². The summed E-state index contributed by atoms with van der Waals surface area (Å²) in [6.07, 6.45) is 1.70. The molecule has 0 saturated heterocycles. The summed E-state index contributed by atoms with van der Waals surface area (Å²) in [7, 11) is 1.56. The van der Waals surface area contributed by atoms with Gasteiger partial charge in [-0.2, -0.15) is 4.73 Å². The highest BCUT2D eigenvalue weighted by Gasteiger charge is 2.29. The van der Waals surface area contributed by atoms with Crippen LogP contribution in [0.1, 0.15) is 25.2 Å². The highest BCUT2D eigenvalue weighted by Crippen LogP contribution is 2.30. The topological polar surface area (TPSA) is 139 Å². The van der Waals surface area contributed by atoms with Crippen molar-refractivity contribution < 1.29 is 14.6 Å². The molecule has 3 aromatic heterocycles. The van der Waals surface area contributed by atoms with Gasteiger partial charge in [-0.15, -0.1) is 5.10 Å². The molecule has 0 aliphatic carbocycles. The van der Waals surface area contributed by atoms with E-state index in [2.05, 4.69) is 20.3 Å². The van der Waals surface area contributed by atoms with Crippen molar-refractivity contribution in [3.63, 3.8) is 0 Å². The number of aromatic nitrogens is 6. The van der Waals surface area contributed by atoms with Gasteiger partial charge in [-0.05, 0) is 26.0 Å². The van der Waals surface area contributed by atoms with Crippen LogP contribution < -0.4 is 15.2 Å². The number of anilines is 1. The zero-order valence-electron chi connectivity index (χ0n) is 17.5. The minimum absolute atomic E-state index is 0.0953. The highest BCUT2D eigenvalue weighted by molar-refractivity contribution is 5.95. The van der Waals surface area contributed by atoms with E-state index in [0.717, 1.165) is 10.1 Å². The van der Waals surface area contributed by atoms with Crippen LogP contribution in [0.4, 0.5) is 5.95 Å². The van der Waals surface area contributed by atoms with Gasteiger partial charge in [-0.1, -0.05) is 17.3 Å². The van der Waals surface area contributed by atoms with Crippen LogP contribution in [0, 0.1) is 5.21 Å². The van der Waals surface area contributed by atoms with Gasteiger partial charge in [0.2, 0.25) is 17.3 Å². The third-order valence-corrected chi connectivity index (χ3v) is 5.14. The average Bonchev–Trinajstić information content (AvgIpc) is 3.22. The molecular formula is C21H23N7O3. The summed E-state index contributed by atoms with van der Waals surface area (Å²) < 4.78 is 7.76. The molecule has 3 heterocycles. The average molecular weight is 421 g/mol. The minimum atomic E-state index is -0.665. The van der Waals surface area contributed by atoms with Crippen molar-refractivity contribution in [2.24, 2.45) is 0 Å². The van der Waals surface area contributed by atoms with Gasteiger partial charge in [0.1, 0.15) is 29.2 Å². The number of para-hydroxylation sites is 1. The maximum atomic E-state index is 12.8. The predicted octanol–water partition coefficient (Wildman–Crippen LogP) is 1.43. The van der Waals surface area contributed by atoms with Gasteiger partial charge in [-0.25, -0.2) is 14.6 Å². The molecule has 10 nitrogen and oxygen atoms in total. The minimum Gasteiger partial charge on any atom is -0.618 e. The smallest absolute Gasteiger partial charge is 0.221 e. The summed E-state index contributed by atoms with van der Waals surface area (Å²) in [6.45, 7) is 3.69. The van der Waals surface area contributed by atoms with Crippen molar-refractivity contribution in [1.82, 2.24) is 25.0 Å². The number of aliphatic hydroxyl groups is 1. The lowest BCUT2D eigenvalue weighted by atomic mass is 9.90. The molecule has 31 heavy (non-hydrogen) atoms. The number of benzene rings is 1. The van der Waals surface area contributed by atoms with Crippen molar-refractivity contribution in [1.29, 1.82) is 0 Å². The Morgan fingerprint density at radius 2 is 1.97 bits per heavy atom. The molecular weight excluding hydrogens is 398 g/mol. The molecule has 160 valence electrons. The van der Waals surface area contributed by atoms with Crippen LogP contribution >= 0.6 is 0 Å². The second-order valence-corrected chi connectivity index (χ2v) is 7.83. The Kier molecular flexibility index (Phi) is 5.15. The quantitative estimate of drug-likeness (QED) is 0.352. The molecule has 4 aromatic rings. The van der Waals surface area contributed by atoms with Gasteiger partial charge in [0.25, 0.3) is 0 Å². The SMILES string of the molecule is COc1cccc2c(-c3cn(Cc4cccc(C(C)(C)CO)[n+]4[O-])nn3)nc(N)nc12. The van der Waals surface area contributed by atoms with E-state index < -0.39 is 5.41 Å². The number of rotatable bonds is 6. The molecule has 10 heteroatoms. The molecule has 4 rings (SSSR count). The Hall–Kier alpha value is -3.79. The second kappa shape index (κ2) is 7.80. The first-order valence-corrected chi connectivity index (χ1v) is 9.67. The predicted molar refractivity (Wildman–Crippen MR) is 114 cm³/mol. The summed E-state index contributed by atoms with van der Waals surface area (Å²) >= 11 is 0. The van der Waals surface area contributed by atoms with Gasteiger partial charge in [-0.3, -0.25) is 0 Å². The fraction of sp³-hybridized carbons (Fsp3) is 0.286. The normalized spacial score (nSPS) is 11.7. The number of pyridine rings is 1. The molecule has 0 aliphatic rings. The number of ether oxygens (including phenoxy) is 1. The largest absolute Gasteiger partial charge is 0.618 e. The third kappa shape index (κ3) is 3.73. The Balaban J connectivity index is 1.72. The molecule has 0 bridgehead atoms. The van der Waals surface area contributed by atoms with E-state index in [9.17, 15) is 10.3 Å². The van der Waals surface area contributed by atoms with Gasteiger partial charge < -0.3 is 20.8 Å². The number of aliphatic hydroxyl groups excluding tert-OH is 1. The van der Waals surface area contributed by atoms with E-state index in [1.807, 2.05) is 26.0 Å². The number of nitrogens with zero attached hydrogens (tertiary/aromatic N) is 6. The third-order valence-electron chi connectivity index (χ3n) is 5.14. The number of methoxy groups -OCH3 is 1. The molecule has 0 saturated carbocycles. The second-order valence-electron chi connectivity index (χ2n) is 7.83. The lowest BCUT2D eigenvalue weighted by Gasteiger charge is -2.21. The van der Waals surface area contributed by atoms with E-state index >= 15 is 0 Å². The number of hydrogen-bond acceptors (Lipinski definition) is 8. The number of hydrogen-bond donors (Lipinski definition) is 2. The summed E-state index contributed by atoms with van der Waals surface area (Å²) in [5.41, 5.74) is 7.81.